The van der Waals surface area contributed by atoms with Gasteiger partial charge in [0.1, 0.15) is 11.3 Å². The Morgan fingerprint density at radius 2 is 1.81 bits per heavy atom. The maximum absolute atomic E-state index is 13.5. The van der Waals surface area contributed by atoms with E-state index in [-0.39, 0.29) is 18.7 Å². The van der Waals surface area contributed by atoms with Crippen molar-refractivity contribution >= 4 is 28.4 Å². The van der Waals surface area contributed by atoms with E-state index in [4.69, 9.17) is 21.1 Å². The van der Waals surface area contributed by atoms with Crippen LogP contribution in [0.4, 0.5) is 0 Å². The van der Waals surface area contributed by atoms with E-state index >= 15 is 0 Å². The van der Waals surface area contributed by atoms with Crippen LogP contribution in [0.2, 0.25) is 5.02 Å². The molecule has 0 radical (unpaired) electrons. The van der Waals surface area contributed by atoms with Crippen molar-refractivity contribution in [2.45, 2.75) is 25.2 Å². The SMILES string of the molecule is O=C(NCc1ccc(Cl)cc1)c1cn2c3c(cc(CN4CCOCC4)cc3c1=O)OC(CO)(CO)C2. The van der Waals surface area contributed by atoms with E-state index in [0.29, 0.717) is 41.4 Å². The van der Waals surface area contributed by atoms with Gasteiger partial charge in [0.2, 0.25) is 5.43 Å². The number of carbonyl (C=O) groups excluding carboxylic acids is 1. The number of amides is 1. The van der Waals surface area contributed by atoms with Gasteiger partial charge in [-0.15, -0.1) is 0 Å². The van der Waals surface area contributed by atoms with Gasteiger partial charge in [0.25, 0.3) is 5.91 Å². The second kappa shape index (κ2) is 10.2. The molecular formula is C26H28ClN3O6. The van der Waals surface area contributed by atoms with Crippen LogP contribution in [0.15, 0.2) is 47.4 Å². The number of nitrogens with zero attached hydrogens (tertiary/aromatic N) is 2. The zero-order valence-corrected chi connectivity index (χ0v) is 20.5. The first-order valence-electron chi connectivity index (χ1n) is 11.8. The molecule has 1 aromatic heterocycles. The summed E-state index contributed by atoms with van der Waals surface area (Å²) in [7, 11) is 0. The molecule has 0 saturated carbocycles. The first-order valence-corrected chi connectivity index (χ1v) is 12.2. The molecule has 2 aliphatic rings. The number of morpholine rings is 1. The number of carbonyl (C=O) groups is 1. The third-order valence-electron chi connectivity index (χ3n) is 6.68. The zero-order valence-electron chi connectivity index (χ0n) is 19.7. The number of benzene rings is 2. The van der Waals surface area contributed by atoms with Gasteiger partial charge in [-0.05, 0) is 35.4 Å². The third kappa shape index (κ3) is 4.85. The molecule has 5 rings (SSSR count). The van der Waals surface area contributed by atoms with Gasteiger partial charge in [-0.2, -0.15) is 0 Å². The molecule has 3 heterocycles. The van der Waals surface area contributed by atoms with Crippen LogP contribution < -0.4 is 15.5 Å². The van der Waals surface area contributed by atoms with E-state index in [1.165, 1.54) is 6.20 Å². The van der Waals surface area contributed by atoms with Crippen molar-refractivity contribution in [1.82, 2.24) is 14.8 Å². The second-order valence-electron chi connectivity index (χ2n) is 9.29. The first-order chi connectivity index (χ1) is 17.4. The van der Waals surface area contributed by atoms with Crippen LogP contribution in [0, 0.1) is 0 Å². The molecule has 190 valence electrons. The summed E-state index contributed by atoms with van der Waals surface area (Å²) >= 11 is 5.93. The number of aliphatic hydroxyl groups excluding tert-OH is 2. The van der Waals surface area contributed by atoms with Crippen molar-refractivity contribution in [2.75, 3.05) is 39.5 Å². The van der Waals surface area contributed by atoms with E-state index in [2.05, 4.69) is 10.2 Å². The number of hydrogen-bond acceptors (Lipinski definition) is 7. The van der Waals surface area contributed by atoms with Gasteiger partial charge in [-0.25, -0.2) is 0 Å². The third-order valence-corrected chi connectivity index (χ3v) is 6.93. The molecule has 1 saturated heterocycles. The lowest BCUT2D eigenvalue weighted by Gasteiger charge is -2.37. The Bertz CT molecular complexity index is 1330. The lowest BCUT2D eigenvalue weighted by molar-refractivity contribution is -0.0501. The molecule has 1 fully saturated rings. The number of hydrogen-bond donors (Lipinski definition) is 3. The average molecular weight is 514 g/mol. The van der Waals surface area contributed by atoms with Gasteiger partial charge in [0.15, 0.2) is 5.60 Å². The van der Waals surface area contributed by atoms with Gasteiger partial charge >= 0.3 is 0 Å². The Kier molecular flexibility index (Phi) is 7.00. The van der Waals surface area contributed by atoms with E-state index in [1.807, 2.05) is 6.07 Å². The Morgan fingerprint density at radius 3 is 2.50 bits per heavy atom. The van der Waals surface area contributed by atoms with Crippen molar-refractivity contribution in [3.05, 3.63) is 74.5 Å². The standard InChI is InChI=1S/C26H28ClN3O6/c27-19-3-1-17(2-4-19)11-28-25(34)21-13-30-14-26(15-31,16-32)36-22-10-18(9-20(23(22)30)24(21)33)12-29-5-7-35-8-6-29/h1-4,9-10,13,31-32H,5-8,11-12,14-16H2,(H,28,34). The number of aliphatic hydroxyl groups is 2. The van der Waals surface area contributed by atoms with E-state index in [9.17, 15) is 19.8 Å². The van der Waals surface area contributed by atoms with Crippen LogP contribution >= 0.6 is 11.6 Å². The molecule has 3 aromatic rings. The molecule has 0 unspecified atom stereocenters. The van der Waals surface area contributed by atoms with Crippen LogP contribution in [-0.2, 0) is 24.4 Å². The monoisotopic (exact) mass is 513 g/mol. The molecule has 0 spiro atoms. The second-order valence-corrected chi connectivity index (χ2v) is 9.73. The van der Waals surface area contributed by atoms with Crippen LogP contribution in [-0.4, -0.2) is 70.7 Å². The summed E-state index contributed by atoms with van der Waals surface area (Å²) in [5.74, 6) is -0.110. The Hall–Kier alpha value is -2.95. The van der Waals surface area contributed by atoms with Crippen molar-refractivity contribution in [3.63, 3.8) is 0 Å². The van der Waals surface area contributed by atoms with Gasteiger partial charge < -0.3 is 29.6 Å². The van der Waals surface area contributed by atoms with Gasteiger partial charge in [-0.3, -0.25) is 14.5 Å². The molecule has 3 N–H and O–H groups in total. The predicted octanol–water partition coefficient (Wildman–Crippen LogP) is 1.53. The zero-order chi connectivity index (χ0) is 25.3. The summed E-state index contributed by atoms with van der Waals surface area (Å²) < 4.78 is 13.2. The Morgan fingerprint density at radius 1 is 1.08 bits per heavy atom. The predicted molar refractivity (Wildman–Crippen MR) is 134 cm³/mol. The van der Waals surface area contributed by atoms with E-state index in [0.717, 1.165) is 24.2 Å². The minimum Gasteiger partial charge on any atom is -0.478 e. The van der Waals surface area contributed by atoms with Crippen molar-refractivity contribution in [3.8, 4) is 5.75 Å². The smallest absolute Gasteiger partial charge is 0.257 e. The topological polar surface area (TPSA) is 113 Å². The van der Waals surface area contributed by atoms with Crippen LogP contribution in [0.25, 0.3) is 10.9 Å². The van der Waals surface area contributed by atoms with Crippen LogP contribution in [0.1, 0.15) is 21.5 Å². The lowest BCUT2D eigenvalue weighted by atomic mass is 9.99. The molecule has 10 heteroatoms. The summed E-state index contributed by atoms with van der Waals surface area (Å²) in [6, 6.07) is 10.7. The fourth-order valence-corrected chi connectivity index (χ4v) is 4.83. The highest BCUT2D eigenvalue weighted by molar-refractivity contribution is 6.30. The summed E-state index contributed by atoms with van der Waals surface area (Å²) in [6.45, 7) is 2.85. The van der Waals surface area contributed by atoms with Crippen molar-refractivity contribution in [2.24, 2.45) is 0 Å². The highest BCUT2D eigenvalue weighted by Crippen LogP contribution is 2.35. The maximum atomic E-state index is 13.5. The molecule has 1 amide bonds. The minimum atomic E-state index is -1.27. The molecule has 0 bridgehead atoms. The highest BCUT2D eigenvalue weighted by atomic mass is 35.5. The van der Waals surface area contributed by atoms with Gasteiger partial charge in [0, 0.05) is 37.4 Å². The largest absolute Gasteiger partial charge is 0.478 e. The van der Waals surface area contributed by atoms with Crippen molar-refractivity contribution in [1.29, 1.82) is 0 Å². The first kappa shape index (κ1) is 24.7. The lowest BCUT2D eigenvalue weighted by Crippen LogP contribution is -2.50. The maximum Gasteiger partial charge on any atom is 0.257 e. The number of rotatable bonds is 7. The molecule has 9 nitrogen and oxygen atoms in total. The molecule has 36 heavy (non-hydrogen) atoms. The minimum absolute atomic E-state index is 0.0161. The number of pyridine rings is 1. The average Bonchev–Trinajstić information content (AvgIpc) is 2.90. The van der Waals surface area contributed by atoms with Gasteiger partial charge in [-0.1, -0.05) is 23.7 Å². The quantitative estimate of drug-likeness (QED) is 0.439. The summed E-state index contributed by atoms with van der Waals surface area (Å²) in [5, 5.41) is 23.9. The van der Waals surface area contributed by atoms with Gasteiger partial charge in [0.05, 0.1) is 43.9 Å². The molecule has 2 aliphatic heterocycles. The molecular weight excluding hydrogens is 486 g/mol. The summed E-state index contributed by atoms with van der Waals surface area (Å²) in [4.78, 5) is 28.9. The van der Waals surface area contributed by atoms with E-state index < -0.39 is 30.2 Å². The van der Waals surface area contributed by atoms with E-state index in [1.54, 1.807) is 34.9 Å². The number of nitrogens with one attached hydrogen (secondary N) is 1. The highest BCUT2D eigenvalue weighted by Gasteiger charge is 2.37. The normalized spacial score (nSPS) is 17.1. The Labute approximate surface area is 212 Å². The summed E-state index contributed by atoms with van der Waals surface area (Å²) in [5.41, 5.74) is 0.537. The number of ether oxygens (including phenoxy) is 2. The molecule has 0 atom stereocenters. The van der Waals surface area contributed by atoms with Crippen LogP contribution in [0.5, 0.6) is 5.75 Å². The fourth-order valence-electron chi connectivity index (χ4n) is 4.70. The summed E-state index contributed by atoms with van der Waals surface area (Å²) in [6.07, 6.45) is 1.48. The Balaban J connectivity index is 1.54. The van der Waals surface area contributed by atoms with Crippen LogP contribution in [0.3, 0.4) is 0 Å². The van der Waals surface area contributed by atoms with Crippen molar-refractivity contribution < 1.29 is 24.5 Å². The molecule has 0 aliphatic carbocycles. The molecule has 2 aromatic carbocycles. The fraction of sp³-hybridized carbons (Fsp3) is 0.385. The number of aromatic nitrogens is 1. The number of halogens is 1.